The summed E-state index contributed by atoms with van der Waals surface area (Å²) in [5.41, 5.74) is 2.63. The predicted molar refractivity (Wildman–Crippen MR) is 58.1 cm³/mol. The molecule has 1 aromatic rings. The number of nitrogens with one attached hydrogen (secondary N) is 1. The first-order valence-corrected chi connectivity index (χ1v) is 5.22. The summed E-state index contributed by atoms with van der Waals surface area (Å²) in [7, 11) is 0. The summed E-state index contributed by atoms with van der Waals surface area (Å²) in [4.78, 5) is 0. The van der Waals surface area contributed by atoms with Gasteiger partial charge in [-0.05, 0) is 17.6 Å². The molecule has 0 aromatic carbocycles. The molecule has 1 aliphatic heterocycles. The van der Waals surface area contributed by atoms with Gasteiger partial charge in [-0.3, -0.25) is 0 Å². The monoisotopic (exact) mass is 191 g/mol. The van der Waals surface area contributed by atoms with Gasteiger partial charge in [0.2, 0.25) is 0 Å². The summed E-state index contributed by atoms with van der Waals surface area (Å²) in [5, 5.41) is 7.68. The number of hydrogen-bond donors (Lipinski definition) is 1. The van der Waals surface area contributed by atoms with Gasteiger partial charge in [-0.1, -0.05) is 13.8 Å². The standard InChI is InChI=1S/C11H17N3/c1-9(2)10-7-13-14(8-10)11-3-5-12-6-4-11/h3,7-9,12H,4-6H2,1-2H3. The van der Waals surface area contributed by atoms with Gasteiger partial charge in [-0.15, -0.1) is 0 Å². The Kier molecular flexibility index (Phi) is 2.68. The highest BCUT2D eigenvalue weighted by molar-refractivity contribution is 5.46. The van der Waals surface area contributed by atoms with Crippen molar-refractivity contribution in [3.8, 4) is 0 Å². The number of nitrogens with zero attached hydrogens (tertiary/aromatic N) is 2. The zero-order valence-corrected chi connectivity index (χ0v) is 8.83. The minimum absolute atomic E-state index is 0.561. The molecule has 2 heterocycles. The van der Waals surface area contributed by atoms with Crippen molar-refractivity contribution >= 4 is 5.70 Å². The highest BCUT2D eigenvalue weighted by Crippen LogP contribution is 2.16. The molecule has 0 saturated heterocycles. The van der Waals surface area contributed by atoms with Crippen molar-refractivity contribution in [3.63, 3.8) is 0 Å². The van der Waals surface area contributed by atoms with Crippen LogP contribution in [-0.2, 0) is 0 Å². The summed E-state index contributed by atoms with van der Waals surface area (Å²) in [6, 6.07) is 0. The predicted octanol–water partition coefficient (Wildman–Crippen LogP) is 1.84. The van der Waals surface area contributed by atoms with Gasteiger partial charge in [0.25, 0.3) is 0 Å². The Labute approximate surface area is 84.8 Å². The normalized spacial score (nSPS) is 17.2. The molecule has 0 fully saturated rings. The Hall–Kier alpha value is -1.09. The highest BCUT2D eigenvalue weighted by atomic mass is 15.3. The van der Waals surface area contributed by atoms with Gasteiger partial charge in [0.1, 0.15) is 0 Å². The Bertz CT molecular complexity index is 336. The van der Waals surface area contributed by atoms with Crippen LogP contribution >= 0.6 is 0 Å². The second-order valence-electron chi connectivity index (χ2n) is 4.02. The highest BCUT2D eigenvalue weighted by Gasteiger charge is 2.08. The zero-order chi connectivity index (χ0) is 9.97. The lowest BCUT2D eigenvalue weighted by molar-refractivity contribution is 0.700. The fourth-order valence-electron chi connectivity index (χ4n) is 1.61. The molecule has 1 aliphatic rings. The fraction of sp³-hybridized carbons (Fsp3) is 0.545. The van der Waals surface area contributed by atoms with E-state index >= 15 is 0 Å². The molecule has 0 atom stereocenters. The van der Waals surface area contributed by atoms with E-state index in [1.54, 1.807) is 0 Å². The lowest BCUT2D eigenvalue weighted by Gasteiger charge is -2.13. The van der Waals surface area contributed by atoms with E-state index in [4.69, 9.17) is 0 Å². The van der Waals surface area contributed by atoms with Gasteiger partial charge >= 0.3 is 0 Å². The molecule has 0 bridgehead atoms. The van der Waals surface area contributed by atoms with Crippen LogP contribution in [0.15, 0.2) is 18.5 Å². The van der Waals surface area contributed by atoms with Gasteiger partial charge in [0.15, 0.2) is 0 Å². The quantitative estimate of drug-likeness (QED) is 0.773. The maximum atomic E-state index is 4.38. The van der Waals surface area contributed by atoms with Crippen molar-refractivity contribution in [2.45, 2.75) is 26.2 Å². The van der Waals surface area contributed by atoms with E-state index < -0.39 is 0 Å². The molecule has 14 heavy (non-hydrogen) atoms. The molecular weight excluding hydrogens is 174 g/mol. The third-order valence-corrected chi connectivity index (χ3v) is 2.60. The fourth-order valence-corrected chi connectivity index (χ4v) is 1.61. The van der Waals surface area contributed by atoms with Gasteiger partial charge in [-0.25, -0.2) is 4.68 Å². The van der Waals surface area contributed by atoms with Crippen LogP contribution in [-0.4, -0.2) is 22.9 Å². The van der Waals surface area contributed by atoms with Gasteiger partial charge < -0.3 is 5.32 Å². The summed E-state index contributed by atoms with van der Waals surface area (Å²) in [6.07, 6.45) is 7.38. The van der Waals surface area contributed by atoms with Crippen molar-refractivity contribution in [1.82, 2.24) is 15.1 Å². The SMILES string of the molecule is CC(C)c1cnn(C2=CCNCC2)c1. The van der Waals surface area contributed by atoms with Crippen molar-refractivity contribution in [2.75, 3.05) is 13.1 Å². The smallest absolute Gasteiger partial charge is 0.0528 e. The van der Waals surface area contributed by atoms with Crippen LogP contribution in [0.5, 0.6) is 0 Å². The Morgan fingerprint density at radius 3 is 2.93 bits per heavy atom. The number of aromatic nitrogens is 2. The van der Waals surface area contributed by atoms with Crippen molar-refractivity contribution < 1.29 is 0 Å². The summed E-state index contributed by atoms with van der Waals surface area (Å²) in [5.74, 6) is 0.561. The zero-order valence-electron chi connectivity index (χ0n) is 8.83. The van der Waals surface area contributed by atoms with E-state index in [0.717, 1.165) is 19.5 Å². The Morgan fingerprint density at radius 2 is 2.36 bits per heavy atom. The van der Waals surface area contributed by atoms with E-state index in [9.17, 15) is 0 Å². The lowest BCUT2D eigenvalue weighted by atomic mass is 10.1. The first-order valence-electron chi connectivity index (χ1n) is 5.22. The van der Waals surface area contributed by atoms with Gasteiger partial charge in [-0.2, -0.15) is 5.10 Å². The molecule has 1 N–H and O–H groups in total. The topological polar surface area (TPSA) is 29.9 Å². The average Bonchev–Trinajstić information content (AvgIpc) is 2.68. The maximum absolute atomic E-state index is 4.38. The van der Waals surface area contributed by atoms with Crippen LogP contribution in [0.25, 0.3) is 5.70 Å². The van der Waals surface area contributed by atoms with Crippen LogP contribution in [0.2, 0.25) is 0 Å². The molecular formula is C11H17N3. The van der Waals surface area contributed by atoms with Crippen LogP contribution in [0, 0.1) is 0 Å². The number of hydrogen-bond acceptors (Lipinski definition) is 2. The van der Waals surface area contributed by atoms with E-state index in [1.165, 1.54) is 11.3 Å². The van der Waals surface area contributed by atoms with Gasteiger partial charge in [0, 0.05) is 31.4 Å². The minimum atomic E-state index is 0.561. The van der Waals surface area contributed by atoms with Crippen molar-refractivity contribution in [2.24, 2.45) is 0 Å². The van der Waals surface area contributed by atoms with E-state index in [2.05, 4.69) is 36.5 Å². The molecule has 0 unspecified atom stereocenters. The first kappa shape index (κ1) is 9.46. The van der Waals surface area contributed by atoms with Crippen LogP contribution in [0.4, 0.5) is 0 Å². The molecule has 76 valence electrons. The lowest BCUT2D eigenvalue weighted by Crippen LogP contribution is -2.22. The summed E-state index contributed by atoms with van der Waals surface area (Å²) in [6.45, 7) is 6.41. The summed E-state index contributed by atoms with van der Waals surface area (Å²) >= 11 is 0. The summed E-state index contributed by atoms with van der Waals surface area (Å²) < 4.78 is 2.01. The minimum Gasteiger partial charge on any atom is -0.313 e. The Balaban J connectivity index is 2.19. The van der Waals surface area contributed by atoms with Crippen LogP contribution in [0.1, 0.15) is 31.7 Å². The average molecular weight is 191 g/mol. The third kappa shape index (κ3) is 1.87. The molecule has 0 aliphatic carbocycles. The van der Waals surface area contributed by atoms with E-state index in [0.29, 0.717) is 5.92 Å². The van der Waals surface area contributed by atoms with Gasteiger partial charge in [0.05, 0.1) is 6.20 Å². The Morgan fingerprint density at radius 1 is 1.50 bits per heavy atom. The van der Waals surface area contributed by atoms with E-state index in [-0.39, 0.29) is 0 Å². The molecule has 0 spiro atoms. The van der Waals surface area contributed by atoms with Crippen LogP contribution in [0.3, 0.4) is 0 Å². The second-order valence-corrected chi connectivity index (χ2v) is 4.02. The van der Waals surface area contributed by atoms with Crippen LogP contribution < -0.4 is 5.32 Å². The molecule has 0 radical (unpaired) electrons. The molecule has 2 rings (SSSR count). The van der Waals surface area contributed by atoms with Crippen molar-refractivity contribution in [3.05, 3.63) is 24.0 Å². The molecule has 3 nitrogen and oxygen atoms in total. The van der Waals surface area contributed by atoms with E-state index in [1.807, 2.05) is 10.9 Å². The molecule has 0 saturated carbocycles. The molecule has 0 amide bonds. The second kappa shape index (κ2) is 3.96. The van der Waals surface area contributed by atoms with Crippen molar-refractivity contribution in [1.29, 1.82) is 0 Å². The molecule has 3 heteroatoms. The molecule has 1 aromatic heterocycles. The number of rotatable bonds is 2. The first-order chi connectivity index (χ1) is 6.77. The largest absolute Gasteiger partial charge is 0.313 e. The third-order valence-electron chi connectivity index (χ3n) is 2.60. The maximum Gasteiger partial charge on any atom is 0.0528 e.